The highest BCUT2D eigenvalue weighted by Crippen LogP contribution is 1.69. The quantitative estimate of drug-likeness (QED) is 0.642. The topological polar surface area (TPSA) is 52.6 Å². The molecule has 0 radical (unpaired) electrons. The molecule has 0 unspecified atom stereocenters. The smallest absolute Gasteiger partial charge is 0.317 e. The summed E-state index contributed by atoms with van der Waals surface area (Å²) in [6.07, 6.45) is 0. The van der Waals surface area contributed by atoms with Crippen LogP contribution in [0.4, 0.5) is 0 Å². The van der Waals surface area contributed by atoms with Gasteiger partial charge < -0.3 is 15.3 Å². The van der Waals surface area contributed by atoms with Gasteiger partial charge in [-0.1, -0.05) is 0 Å². The van der Waals surface area contributed by atoms with E-state index in [4.69, 9.17) is 5.11 Å². The normalized spacial score (nSPS) is 8.58. The fourth-order valence-corrected chi connectivity index (χ4v) is 0.498. The van der Waals surface area contributed by atoms with Crippen LogP contribution < -0.4 is 5.32 Å². The van der Waals surface area contributed by atoms with Crippen LogP contribution in [0.2, 0.25) is 0 Å². The maximum Gasteiger partial charge on any atom is 0.317 e. The van der Waals surface area contributed by atoms with Gasteiger partial charge in [-0.15, -0.1) is 24.8 Å². The largest absolute Gasteiger partial charge is 0.480 e. The van der Waals surface area contributed by atoms with Gasteiger partial charge >= 0.3 is 5.97 Å². The van der Waals surface area contributed by atoms with E-state index in [1.165, 1.54) is 0 Å². The van der Waals surface area contributed by atoms with Crippen LogP contribution in [0.3, 0.4) is 0 Å². The third kappa shape index (κ3) is 16.5. The Hall–Kier alpha value is -0.0300. The molecule has 76 valence electrons. The van der Waals surface area contributed by atoms with Crippen LogP contribution in [0, 0.1) is 0 Å². The van der Waals surface area contributed by atoms with E-state index in [1.807, 2.05) is 19.0 Å². The number of nitrogens with one attached hydrogen (secondary N) is 1. The number of hydrogen-bond acceptors (Lipinski definition) is 3. The standard InChI is InChI=1S/C6H14N2O2.2ClH/c1-8(2)4-3-7-5-6(9)10;;/h7H,3-5H2,1-2H3,(H,9,10);2*1H. The molecule has 12 heavy (non-hydrogen) atoms. The Balaban J connectivity index is -0.000000405. The molecule has 0 atom stereocenters. The first-order valence-electron chi connectivity index (χ1n) is 3.20. The highest BCUT2D eigenvalue weighted by atomic mass is 35.5. The number of carbonyl (C=O) groups is 1. The lowest BCUT2D eigenvalue weighted by molar-refractivity contribution is -0.135. The van der Waals surface area contributed by atoms with E-state index < -0.39 is 5.97 Å². The third-order valence-corrected chi connectivity index (χ3v) is 1.01. The van der Waals surface area contributed by atoms with Crippen molar-refractivity contribution in [2.24, 2.45) is 0 Å². The molecule has 0 saturated heterocycles. The zero-order valence-electron chi connectivity index (χ0n) is 7.24. The summed E-state index contributed by atoms with van der Waals surface area (Å²) in [5, 5.41) is 11.0. The summed E-state index contributed by atoms with van der Waals surface area (Å²) in [6, 6.07) is 0. The molecule has 0 aromatic heterocycles. The van der Waals surface area contributed by atoms with Gasteiger partial charge in [-0.05, 0) is 14.1 Å². The van der Waals surface area contributed by atoms with Gasteiger partial charge in [-0.3, -0.25) is 4.79 Å². The molecule has 0 heterocycles. The molecule has 0 aliphatic rings. The van der Waals surface area contributed by atoms with Crippen LogP contribution in [-0.4, -0.2) is 49.7 Å². The molecule has 0 amide bonds. The molecule has 6 heteroatoms. The lowest BCUT2D eigenvalue weighted by Gasteiger charge is -2.08. The minimum absolute atomic E-state index is 0. The Morgan fingerprint density at radius 1 is 1.42 bits per heavy atom. The molecule has 0 aromatic carbocycles. The lowest BCUT2D eigenvalue weighted by Crippen LogP contribution is -2.30. The molecular weight excluding hydrogens is 203 g/mol. The minimum Gasteiger partial charge on any atom is -0.480 e. The number of rotatable bonds is 5. The Labute approximate surface area is 85.1 Å². The van der Waals surface area contributed by atoms with Gasteiger partial charge in [0.25, 0.3) is 0 Å². The highest BCUT2D eigenvalue weighted by molar-refractivity contribution is 5.85. The monoisotopic (exact) mass is 218 g/mol. The Morgan fingerprint density at radius 3 is 2.25 bits per heavy atom. The predicted octanol–water partition coefficient (Wildman–Crippen LogP) is 0.0658. The molecule has 4 nitrogen and oxygen atoms in total. The van der Waals surface area contributed by atoms with E-state index in [9.17, 15) is 4.79 Å². The van der Waals surface area contributed by atoms with E-state index in [0.29, 0.717) is 0 Å². The van der Waals surface area contributed by atoms with Crippen molar-refractivity contribution in [1.82, 2.24) is 10.2 Å². The summed E-state index contributed by atoms with van der Waals surface area (Å²) < 4.78 is 0. The van der Waals surface area contributed by atoms with E-state index in [0.717, 1.165) is 13.1 Å². The van der Waals surface area contributed by atoms with Crippen LogP contribution in [0.5, 0.6) is 0 Å². The van der Waals surface area contributed by atoms with E-state index in [-0.39, 0.29) is 31.4 Å². The number of halogens is 2. The van der Waals surface area contributed by atoms with Gasteiger partial charge in [0.15, 0.2) is 0 Å². The second-order valence-corrected chi connectivity index (χ2v) is 2.37. The highest BCUT2D eigenvalue weighted by Gasteiger charge is 1.94. The van der Waals surface area contributed by atoms with Crippen LogP contribution in [0.1, 0.15) is 0 Å². The van der Waals surface area contributed by atoms with E-state index in [1.54, 1.807) is 0 Å². The molecule has 0 saturated carbocycles. The average Bonchev–Trinajstić information content (AvgIpc) is 1.79. The van der Waals surface area contributed by atoms with Gasteiger partial charge in [-0.25, -0.2) is 0 Å². The summed E-state index contributed by atoms with van der Waals surface area (Å²) in [4.78, 5) is 12.0. The van der Waals surface area contributed by atoms with Crippen LogP contribution in [-0.2, 0) is 4.79 Å². The van der Waals surface area contributed by atoms with Crippen molar-refractivity contribution in [3.8, 4) is 0 Å². The van der Waals surface area contributed by atoms with Crippen molar-refractivity contribution >= 4 is 30.8 Å². The van der Waals surface area contributed by atoms with Crippen molar-refractivity contribution in [2.45, 2.75) is 0 Å². The fraction of sp³-hybridized carbons (Fsp3) is 0.833. The molecule has 0 rings (SSSR count). The van der Waals surface area contributed by atoms with Crippen molar-refractivity contribution in [2.75, 3.05) is 33.7 Å². The van der Waals surface area contributed by atoms with Gasteiger partial charge in [0, 0.05) is 13.1 Å². The van der Waals surface area contributed by atoms with Crippen molar-refractivity contribution in [1.29, 1.82) is 0 Å². The lowest BCUT2D eigenvalue weighted by atomic mass is 10.5. The van der Waals surface area contributed by atoms with E-state index in [2.05, 4.69) is 5.32 Å². The number of likely N-dealkylation sites (N-methyl/N-ethyl adjacent to an activating group) is 1. The fourth-order valence-electron chi connectivity index (χ4n) is 0.498. The summed E-state index contributed by atoms with van der Waals surface area (Å²) >= 11 is 0. The number of carboxylic acid groups (broad SMARTS) is 1. The molecule has 0 aliphatic carbocycles. The van der Waals surface area contributed by atoms with Gasteiger partial charge in [0.05, 0.1) is 6.54 Å². The summed E-state index contributed by atoms with van der Waals surface area (Å²) in [5.41, 5.74) is 0. The molecule has 0 bridgehead atoms. The van der Waals surface area contributed by atoms with Crippen molar-refractivity contribution in [3.05, 3.63) is 0 Å². The number of hydrogen-bond donors (Lipinski definition) is 2. The average molecular weight is 219 g/mol. The second kappa shape index (κ2) is 11.0. The van der Waals surface area contributed by atoms with Gasteiger partial charge in [-0.2, -0.15) is 0 Å². The maximum atomic E-state index is 9.97. The molecule has 0 aromatic rings. The number of nitrogens with zero attached hydrogens (tertiary/aromatic N) is 1. The van der Waals surface area contributed by atoms with Crippen LogP contribution in [0.25, 0.3) is 0 Å². The number of aliphatic carboxylic acids is 1. The summed E-state index contributed by atoms with van der Waals surface area (Å²) in [7, 11) is 3.89. The van der Waals surface area contributed by atoms with Crippen molar-refractivity contribution < 1.29 is 9.90 Å². The maximum absolute atomic E-state index is 9.97. The Morgan fingerprint density at radius 2 is 1.92 bits per heavy atom. The second-order valence-electron chi connectivity index (χ2n) is 2.37. The van der Waals surface area contributed by atoms with Gasteiger partial charge in [0.1, 0.15) is 0 Å². The zero-order chi connectivity index (χ0) is 7.98. The summed E-state index contributed by atoms with van der Waals surface area (Å²) in [5.74, 6) is -0.807. The predicted molar refractivity (Wildman–Crippen MR) is 53.6 cm³/mol. The SMILES string of the molecule is CN(C)CCNCC(=O)O.Cl.Cl. The molecule has 2 N–H and O–H groups in total. The van der Waals surface area contributed by atoms with Gasteiger partial charge in [0.2, 0.25) is 0 Å². The Bertz CT molecular complexity index is 112. The van der Waals surface area contributed by atoms with Crippen LogP contribution >= 0.6 is 24.8 Å². The molecule has 0 aliphatic heterocycles. The third-order valence-electron chi connectivity index (χ3n) is 1.01. The number of carboxylic acids is 1. The molecule has 0 spiro atoms. The molecule has 0 fully saturated rings. The first kappa shape index (κ1) is 17.9. The molecular formula is C6H16Cl2N2O2. The summed E-state index contributed by atoms with van der Waals surface area (Å²) in [6.45, 7) is 1.64. The minimum atomic E-state index is -0.807. The van der Waals surface area contributed by atoms with E-state index >= 15 is 0 Å². The zero-order valence-corrected chi connectivity index (χ0v) is 8.87. The first-order valence-corrected chi connectivity index (χ1v) is 3.20. The Kier molecular flexibility index (Phi) is 16.4. The van der Waals surface area contributed by atoms with Crippen molar-refractivity contribution in [3.63, 3.8) is 0 Å². The van der Waals surface area contributed by atoms with Crippen LogP contribution in [0.15, 0.2) is 0 Å². The first-order chi connectivity index (χ1) is 4.63.